The monoisotopic (exact) mass is 400 g/mol. The van der Waals surface area contributed by atoms with Crippen molar-refractivity contribution in [3.05, 3.63) is 23.9 Å². The Bertz CT molecular complexity index is 565. The Morgan fingerprint density at radius 2 is 1.73 bits per heavy atom. The molecule has 0 atom stereocenters. The third-order valence-electron chi connectivity index (χ3n) is 5.60. The maximum Gasteiger partial charge on any atom is 0.255 e. The molecule has 1 aromatic heterocycles. The molecule has 0 unspecified atom stereocenters. The number of aromatic nitrogens is 1. The van der Waals surface area contributed by atoms with E-state index in [1.165, 1.54) is 32.2 Å². The summed E-state index contributed by atoms with van der Waals surface area (Å²) in [5.74, 6) is 2.06. The number of pyridine rings is 1. The second-order valence-electron chi connectivity index (χ2n) is 7.52. The van der Waals surface area contributed by atoms with Crippen molar-refractivity contribution in [3.8, 4) is 0 Å². The smallest absolute Gasteiger partial charge is 0.255 e. The first kappa shape index (κ1) is 21.3. The zero-order valence-corrected chi connectivity index (χ0v) is 16.9. The van der Waals surface area contributed by atoms with Gasteiger partial charge in [-0.3, -0.25) is 4.79 Å². The molecule has 2 aliphatic heterocycles. The summed E-state index contributed by atoms with van der Waals surface area (Å²) in [6, 6.07) is 4.54. The molecule has 26 heavy (non-hydrogen) atoms. The number of rotatable bonds is 5. The minimum atomic E-state index is 0. The molecule has 146 valence electrons. The molecule has 0 radical (unpaired) electrons. The molecule has 1 aliphatic carbocycles. The highest BCUT2D eigenvalue weighted by atomic mass is 35.5. The summed E-state index contributed by atoms with van der Waals surface area (Å²) in [5.41, 5.74) is 0.724. The van der Waals surface area contributed by atoms with E-state index in [4.69, 9.17) is 0 Å². The van der Waals surface area contributed by atoms with E-state index in [0.717, 1.165) is 56.3 Å². The van der Waals surface area contributed by atoms with Gasteiger partial charge in [0.1, 0.15) is 5.82 Å². The lowest BCUT2D eigenvalue weighted by molar-refractivity contribution is 0.0704. The lowest BCUT2D eigenvalue weighted by atomic mass is 10.0. The minimum Gasteiger partial charge on any atom is -0.357 e. The molecule has 0 spiro atoms. The topological polar surface area (TPSA) is 48.5 Å². The maximum atomic E-state index is 12.7. The van der Waals surface area contributed by atoms with Crippen LogP contribution in [0, 0.1) is 5.92 Å². The minimum absolute atomic E-state index is 0. The quantitative estimate of drug-likeness (QED) is 0.824. The first-order valence-electron chi connectivity index (χ1n) is 9.53. The highest BCUT2D eigenvalue weighted by Crippen LogP contribution is 2.28. The van der Waals surface area contributed by atoms with Crippen LogP contribution < -0.4 is 10.2 Å². The lowest BCUT2D eigenvalue weighted by Crippen LogP contribution is -2.45. The first-order valence-corrected chi connectivity index (χ1v) is 9.53. The Kier molecular flexibility index (Phi) is 7.99. The first-order chi connectivity index (χ1) is 11.8. The summed E-state index contributed by atoms with van der Waals surface area (Å²) >= 11 is 0. The van der Waals surface area contributed by atoms with Crippen molar-refractivity contribution in [2.24, 2.45) is 5.92 Å². The second kappa shape index (κ2) is 9.77. The molecule has 4 rings (SSSR count). The second-order valence-corrected chi connectivity index (χ2v) is 7.52. The normalized spacial score (nSPS) is 20.5. The van der Waals surface area contributed by atoms with Crippen molar-refractivity contribution in [2.75, 3.05) is 37.6 Å². The number of hydrogen-bond donors (Lipinski definition) is 1. The number of piperidine rings is 1. The van der Waals surface area contributed by atoms with Crippen LogP contribution >= 0.6 is 24.8 Å². The SMILES string of the molecule is Cl.Cl.O=C(c1ccc(N2CCCC2)nc1)N1CCC(NCC2CC2)CC1. The number of anilines is 1. The summed E-state index contributed by atoms with van der Waals surface area (Å²) in [6.07, 6.45) is 9.16. The van der Waals surface area contributed by atoms with E-state index in [1.807, 2.05) is 17.0 Å². The summed E-state index contributed by atoms with van der Waals surface area (Å²) in [5, 5.41) is 3.67. The summed E-state index contributed by atoms with van der Waals surface area (Å²) in [7, 11) is 0. The van der Waals surface area contributed by atoms with Crippen molar-refractivity contribution in [1.82, 2.24) is 15.2 Å². The van der Waals surface area contributed by atoms with Gasteiger partial charge in [-0.2, -0.15) is 0 Å². The fraction of sp³-hybridized carbons (Fsp3) is 0.684. The molecular weight excluding hydrogens is 371 g/mol. The van der Waals surface area contributed by atoms with Crippen LogP contribution in [0.5, 0.6) is 0 Å². The van der Waals surface area contributed by atoms with E-state index in [0.29, 0.717) is 6.04 Å². The number of likely N-dealkylation sites (tertiary alicyclic amines) is 1. The Hall–Kier alpha value is -1.04. The van der Waals surface area contributed by atoms with Gasteiger partial charge in [0.05, 0.1) is 5.56 Å². The van der Waals surface area contributed by atoms with Gasteiger partial charge in [-0.05, 0) is 63.1 Å². The van der Waals surface area contributed by atoms with Gasteiger partial charge in [0.25, 0.3) is 5.91 Å². The van der Waals surface area contributed by atoms with Crippen LogP contribution in [0.3, 0.4) is 0 Å². The maximum absolute atomic E-state index is 12.7. The average molecular weight is 401 g/mol. The van der Waals surface area contributed by atoms with Crippen LogP contribution in [0.15, 0.2) is 18.3 Å². The Morgan fingerprint density at radius 3 is 2.31 bits per heavy atom. The van der Waals surface area contributed by atoms with Crippen LogP contribution in [0.25, 0.3) is 0 Å². The van der Waals surface area contributed by atoms with Gasteiger partial charge in [-0.15, -0.1) is 24.8 Å². The highest BCUT2D eigenvalue weighted by molar-refractivity contribution is 5.94. The molecule has 1 amide bonds. The van der Waals surface area contributed by atoms with E-state index >= 15 is 0 Å². The molecule has 1 N–H and O–H groups in total. The van der Waals surface area contributed by atoms with Crippen LogP contribution in [0.1, 0.15) is 48.9 Å². The molecule has 1 aromatic rings. The number of halogens is 2. The van der Waals surface area contributed by atoms with Crippen molar-refractivity contribution >= 4 is 36.5 Å². The van der Waals surface area contributed by atoms with Crippen molar-refractivity contribution in [1.29, 1.82) is 0 Å². The standard InChI is InChI=1S/C19H28N4O.2ClH/c24-19(16-5-6-18(21-14-16)22-9-1-2-10-22)23-11-7-17(8-12-23)20-13-15-3-4-15;;/h5-6,14-15,17,20H,1-4,7-13H2;2*1H. The van der Waals surface area contributed by atoms with E-state index in [2.05, 4.69) is 15.2 Å². The fourth-order valence-electron chi connectivity index (χ4n) is 3.77. The van der Waals surface area contributed by atoms with Crippen molar-refractivity contribution < 1.29 is 4.79 Å². The van der Waals surface area contributed by atoms with Gasteiger partial charge in [-0.25, -0.2) is 4.98 Å². The third-order valence-corrected chi connectivity index (χ3v) is 5.60. The molecule has 5 nitrogen and oxygen atoms in total. The average Bonchev–Trinajstić information content (AvgIpc) is 3.31. The number of nitrogens with one attached hydrogen (secondary N) is 1. The highest BCUT2D eigenvalue weighted by Gasteiger charge is 2.26. The van der Waals surface area contributed by atoms with Crippen molar-refractivity contribution in [2.45, 2.75) is 44.6 Å². The van der Waals surface area contributed by atoms with Gasteiger partial charge in [0.2, 0.25) is 0 Å². The van der Waals surface area contributed by atoms with Gasteiger partial charge in [-0.1, -0.05) is 0 Å². The van der Waals surface area contributed by atoms with Gasteiger partial charge >= 0.3 is 0 Å². The number of amides is 1. The number of nitrogens with zero attached hydrogens (tertiary/aromatic N) is 3. The molecule has 0 bridgehead atoms. The Morgan fingerprint density at radius 1 is 1.04 bits per heavy atom. The predicted molar refractivity (Wildman–Crippen MR) is 110 cm³/mol. The lowest BCUT2D eigenvalue weighted by Gasteiger charge is -2.32. The van der Waals surface area contributed by atoms with E-state index in [9.17, 15) is 4.79 Å². The third kappa shape index (κ3) is 5.24. The van der Waals surface area contributed by atoms with E-state index < -0.39 is 0 Å². The van der Waals surface area contributed by atoms with Crippen LogP contribution in [-0.2, 0) is 0 Å². The Labute approximate surface area is 168 Å². The predicted octanol–water partition coefficient (Wildman–Crippen LogP) is 3.13. The molecule has 1 saturated carbocycles. The molecule has 0 aromatic carbocycles. The molecule has 2 saturated heterocycles. The zero-order chi connectivity index (χ0) is 16.4. The van der Waals surface area contributed by atoms with Crippen LogP contribution in [-0.4, -0.2) is 54.6 Å². The van der Waals surface area contributed by atoms with E-state index in [1.54, 1.807) is 6.20 Å². The van der Waals surface area contributed by atoms with Gasteiger partial charge in [0.15, 0.2) is 0 Å². The molecule has 3 aliphatic rings. The van der Waals surface area contributed by atoms with Crippen molar-refractivity contribution in [3.63, 3.8) is 0 Å². The summed E-state index contributed by atoms with van der Waals surface area (Å²) in [6.45, 7) is 5.05. The van der Waals surface area contributed by atoms with E-state index in [-0.39, 0.29) is 30.7 Å². The van der Waals surface area contributed by atoms with Crippen LogP contribution in [0.4, 0.5) is 5.82 Å². The Balaban J connectivity index is 0.00000121. The zero-order valence-electron chi connectivity index (χ0n) is 15.2. The fourth-order valence-corrected chi connectivity index (χ4v) is 3.77. The number of carbonyl (C=O) groups is 1. The van der Waals surface area contributed by atoms with Crippen LogP contribution in [0.2, 0.25) is 0 Å². The molecule has 7 heteroatoms. The molecular formula is C19H30Cl2N4O. The summed E-state index contributed by atoms with van der Waals surface area (Å²) < 4.78 is 0. The van der Waals surface area contributed by atoms with Gasteiger partial charge < -0.3 is 15.1 Å². The number of carbonyl (C=O) groups excluding carboxylic acids is 1. The number of hydrogen-bond acceptors (Lipinski definition) is 4. The summed E-state index contributed by atoms with van der Waals surface area (Å²) in [4.78, 5) is 21.5. The van der Waals surface area contributed by atoms with Gasteiger partial charge in [0, 0.05) is 38.4 Å². The molecule has 3 fully saturated rings. The molecule has 3 heterocycles. The largest absolute Gasteiger partial charge is 0.357 e.